The molecule has 0 aromatic rings. The first-order chi connectivity index (χ1) is 12.4. The van der Waals surface area contributed by atoms with Crippen LogP contribution < -0.4 is 5.73 Å². The van der Waals surface area contributed by atoms with Crippen LogP contribution in [-0.4, -0.2) is 106 Å². The predicted octanol–water partition coefficient (Wildman–Crippen LogP) is 0.0308. The summed E-state index contributed by atoms with van der Waals surface area (Å²) in [4.78, 5) is 0. The molecule has 0 aliphatic carbocycles. The lowest BCUT2D eigenvalue weighted by Gasteiger charge is -2.08. The van der Waals surface area contributed by atoms with Crippen molar-refractivity contribution in [1.82, 2.24) is 0 Å². The van der Waals surface area contributed by atoms with Gasteiger partial charge in [-0.2, -0.15) is 0 Å². The Hall–Kier alpha value is -0.390. The molecule has 0 unspecified atom stereocenters. The van der Waals surface area contributed by atoms with Gasteiger partial charge in [0.2, 0.25) is 0 Å². The zero-order valence-electron chi connectivity index (χ0n) is 15.1. The summed E-state index contributed by atoms with van der Waals surface area (Å²) in [6.45, 7) is 6.80. The molecule has 2 N–H and O–H groups in total. The molecule has 0 saturated carbocycles. The fraction of sp³-hybridized carbons (Fsp3) is 1.00. The number of hydrogen-bond donors (Lipinski definition) is 1. The van der Waals surface area contributed by atoms with E-state index in [1.807, 2.05) is 0 Å². The lowest BCUT2D eigenvalue weighted by atomic mass is 10.6. The van der Waals surface area contributed by atoms with Gasteiger partial charge in [-0.05, 0) is 0 Å². The Bertz CT molecular complexity index is 219. The van der Waals surface area contributed by atoms with Crippen LogP contribution in [0, 0.1) is 0 Å². The third kappa shape index (κ3) is 23.6. The summed E-state index contributed by atoms with van der Waals surface area (Å²) in [6.07, 6.45) is 0. The molecule has 0 saturated heterocycles. The van der Waals surface area contributed by atoms with E-state index in [-0.39, 0.29) is 6.61 Å². The second-order valence-corrected chi connectivity index (χ2v) is 4.76. The summed E-state index contributed by atoms with van der Waals surface area (Å²) in [6, 6.07) is 0. The van der Waals surface area contributed by atoms with Gasteiger partial charge in [0, 0.05) is 6.54 Å². The molecular formula is C16H34FNO7. The summed E-state index contributed by atoms with van der Waals surface area (Å²) in [5.74, 6) is 0. The molecule has 0 aliphatic rings. The fourth-order valence-corrected chi connectivity index (χ4v) is 1.56. The van der Waals surface area contributed by atoms with Gasteiger partial charge in [-0.1, -0.05) is 0 Å². The highest BCUT2D eigenvalue weighted by Crippen LogP contribution is 1.85. The molecule has 0 amide bonds. The first kappa shape index (κ1) is 24.6. The summed E-state index contributed by atoms with van der Waals surface area (Å²) in [5.41, 5.74) is 5.29. The Morgan fingerprint density at radius 1 is 0.400 bits per heavy atom. The summed E-state index contributed by atoms with van der Waals surface area (Å²) in [5, 5.41) is 0. The smallest absolute Gasteiger partial charge is 0.113 e. The van der Waals surface area contributed by atoms with Crippen molar-refractivity contribution < 1.29 is 37.5 Å². The largest absolute Gasteiger partial charge is 0.378 e. The van der Waals surface area contributed by atoms with Gasteiger partial charge in [0.1, 0.15) is 6.67 Å². The van der Waals surface area contributed by atoms with E-state index in [9.17, 15) is 4.39 Å². The lowest BCUT2D eigenvalue weighted by molar-refractivity contribution is -0.0205. The lowest BCUT2D eigenvalue weighted by Crippen LogP contribution is -2.15. The van der Waals surface area contributed by atoms with Crippen molar-refractivity contribution in [2.24, 2.45) is 5.73 Å². The zero-order chi connectivity index (χ0) is 18.3. The minimum Gasteiger partial charge on any atom is -0.378 e. The van der Waals surface area contributed by atoms with Gasteiger partial charge in [0.05, 0.1) is 92.5 Å². The Balaban J connectivity index is 2.94. The molecule has 0 fully saturated rings. The zero-order valence-corrected chi connectivity index (χ0v) is 15.1. The van der Waals surface area contributed by atoms with Crippen molar-refractivity contribution in [3.05, 3.63) is 0 Å². The molecule has 0 aromatic heterocycles. The number of hydrogen-bond acceptors (Lipinski definition) is 8. The van der Waals surface area contributed by atoms with E-state index in [4.69, 9.17) is 38.9 Å². The standard InChI is InChI=1S/C16H34FNO7/c17-1-3-19-5-7-21-9-11-23-13-15-25-16-14-24-12-10-22-8-6-20-4-2-18/h1-16,18H2. The number of nitrogens with two attached hydrogens (primary N) is 1. The molecule has 0 heterocycles. The molecule has 0 bridgehead atoms. The van der Waals surface area contributed by atoms with Crippen molar-refractivity contribution in [3.63, 3.8) is 0 Å². The third-order valence-corrected chi connectivity index (χ3v) is 2.72. The number of alkyl halides is 1. The van der Waals surface area contributed by atoms with Crippen LogP contribution in [-0.2, 0) is 33.2 Å². The maximum absolute atomic E-state index is 11.7. The van der Waals surface area contributed by atoms with E-state index in [1.165, 1.54) is 0 Å². The van der Waals surface area contributed by atoms with Crippen LogP contribution >= 0.6 is 0 Å². The Kier molecular flexibility index (Phi) is 23.2. The minimum absolute atomic E-state index is 0.123. The Morgan fingerprint density at radius 3 is 0.880 bits per heavy atom. The molecule has 0 atom stereocenters. The Labute approximate surface area is 150 Å². The maximum atomic E-state index is 11.7. The topological polar surface area (TPSA) is 90.6 Å². The average Bonchev–Trinajstić information content (AvgIpc) is 2.63. The number of rotatable bonds is 22. The molecule has 25 heavy (non-hydrogen) atoms. The summed E-state index contributed by atoms with van der Waals surface area (Å²) in [7, 11) is 0. The van der Waals surface area contributed by atoms with E-state index in [1.54, 1.807) is 0 Å². The van der Waals surface area contributed by atoms with Gasteiger partial charge < -0.3 is 38.9 Å². The van der Waals surface area contributed by atoms with Crippen LogP contribution in [0.5, 0.6) is 0 Å². The van der Waals surface area contributed by atoms with Crippen LogP contribution in [0.1, 0.15) is 0 Å². The van der Waals surface area contributed by atoms with Crippen molar-refractivity contribution in [3.8, 4) is 0 Å². The molecule has 0 aromatic carbocycles. The van der Waals surface area contributed by atoms with E-state index in [2.05, 4.69) is 0 Å². The van der Waals surface area contributed by atoms with Crippen LogP contribution in [0.4, 0.5) is 4.39 Å². The van der Waals surface area contributed by atoms with Crippen molar-refractivity contribution >= 4 is 0 Å². The quantitative estimate of drug-likeness (QED) is 0.267. The molecule has 0 spiro atoms. The monoisotopic (exact) mass is 371 g/mol. The SMILES string of the molecule is NCCOCCOCCOCCOCCOCCOCCOCCF. The minimum atomic E-state index is -0.465. The molecule has 8 nitrogen and oxygen atoms in total. The van der Waals surface area contributed by atoms with Gasteiger partial charge in [-0.3, -0.25) is 0 Å². The van der Waals surface area contributed by atoms with Crippen molar-refractivity contribution in [1.29, 1.82) is 0 Å². The van der Waals surface area contributed by atoms with Gasteiger partial charge in [0.15, 0.2) is 0 Å². The van der Waals surface area contributed by atoms with Crippen LogP contribution in [0.2, 0.25) is 0 Å². The van der Waals surface area contributed by atoms with Crippen LogP contribution in [0.15, 0.2) is 0 Å². The average molecular weight is 371 g/mol. The first-order valence-corrected chi connectivity index (χ1v) is 8.72. The third-order valence-electron chi connectivity index (χ3n) is 2.72. The summed E-state index contributed by atoms with van der Waals surface area (Å²) < 4.78 is 48.4. The molecule has 0 rings (SSSR count). The highest BCUT2D eigenvalue weighted by Gasteiger charge is 1.94. The fourth-order valence-electron chi connectivity index (χ4n) is 1.56. The number of ether oxygens (including phenoxy) is 7. The second-order valence-electron chi connectivity index (χ2n) is 4.76. The molecule has 9 heteroatoms. The van der Waals surface area contributed by atoms with E-state index in [0.29, 0.717) is 92.4 Å². The van der Waals surface area contributed by atoms with Gasteiger partial charge >= 0.3 is 0 Å². The molecule has 0 aliphatic heterocycles. The predicted molar refractivity (Wildman–Crippen MR) is 90.8 cm³/mol. The maximum Gasteiger partial charge on any atom is 0.113 e. The number of halogens is 1. The van der Waals surface area contributed by atoms with Crippen molar-refractivity contribution in [2.75, 3.05) is 106 Å². The van der Waals surface area contributed by atoms with E-state index < -0.39 is 6.67 Å². The van der Waals surface area contributed by atoms with E-state index in [0.717, 1.165) is 0 Å². The van der Waals surface area contributed by atoms with Crippen LogP contribution in [0.25, 0.3) is 0 Å². The highest BCUT2D eigenvalue weighted by atomic mass is 19.1. The normalized spacial score (nSPS) is 11.3. The van der Waals surface area contributed by atoms with E-state index >= 15 is 0 Å². The first-order valence-electron chi connectivity index (χ1n) is 8.72. The Morgan fingerprint density at radius 2 is 0.640 bits per heavy atom. The van der Waals surface area contributed by atoms with Gasteiger partial charge in [-0.25, -0.2) is 4.39 Å². The molecular weight excluding hydrogens is 337 g/mol. The highest BCUT2D eigenvalue weighted by molar-refractivity contribution is 4.37. The summed E-state index contributed by atoms with van der Waals surface area (Å²) >= 11 is 0. The van der Waals surface area contributed by atoms with Gasteiger partial charge in [0.25, 0.3) is 0 Å². The molecule has 152 valence electrons. The van der Waals surface area contributed by atoms with Gasteiger partial charge in [-0.15, -0.1) is 0 Å². The second kappa shape index (κ2) is 23.6. The van der Waals surface area contributed by atoms with Crippen LogP contribution in [0.3, 0.4) is 0 Å². The molecule has 0 radical (unpaired) electrons. The van der Waals surface area contributed by atoms with Crippen molar-refractivity contribution in [2.45, 2.75) is 0 Å².